The molecule has 0 atom stereocenters. The molecule has 0 bridgehead atoms. The maximum absolute atomic E-state index is 13.3. The van der Waals surface area contributed by atoms with E-state index in [-0.39, 0.29) is 11.3 Å². The number of amides is 1. The summed E-state index contributed by atoms with van der Waals surface area (Å²) in [5.41, 5.74) is 0.172. The Labute approximate surface area is 237 Å². The van der Waals surface area contributed by atoms with E-state index in [4.69, 9.17) is 4.74 Å². The van der Waals surface area contributed by atoms with Crippen LogP contribution in [0.1, 0.15) is 24.7 Å². The van der Waals surface area contributed by atoms with Crippen LogP contribution in [0.3, 0.4) is 0 Å². The van der Waals surface area contributed by atoms with Crippen molar-refractivity contribution in [2.24, 2.45) is 5.10 Å². The molecule has 1 amide bonds. The number of ether oxygens (including phenoxy) is 1. The number of nitrogens with zero attached hydrogens (tertiary/aromatic N) is 4. The topological polar surface area (TPSA) is 129 Å². The highest BCUT2D eigenvalue weighted by molar-refractivity contribution is 9.10. The van der Waals surface area contributed by atoms with Gasteiger partial charge in [-0.2, -0.15) is 9.78 Å². The summed E-state index contributed by atoms with van der Waals surface area (Å²) >= 11 is 6.61. The average Bonchev–Trinajstić information content (AvgIpc) is 2.89. The van der Waals surface area contributed by atoms with Gasteiger partial charge in [0.2, 0.25) is 5.75 Å². The van der Waals surface area contributed by atoms with Crippen LogP contribution in [-0.2, 0) is 11.2 Å². The van der Waals surface area contributed by atoms with E-state index in [1.165, 1.54) is 42.6 Å². The number of rotatable bonds is 9. The van der Waals surface area contributed by atoms with Gasteiger partial charge >= 0.3 is 5.69 Å². The Morgan fingerprint density at radius 1 is 1.18 bits per heavy atom. The van der Waals surface area contributed by atoms with Gasteiger partial charge in [-0.1, -0.05) is 38.8 Å². The molecule has 200 valence electrons. The van der Waals surface area contributed by atoms with Crippen LogP contribution in [0.2, 0.25) is 0 Å². The van der Waals surface area contributed by atoms with E-state index in [2.05, 4.69) is 47.3 Å². The number of nitro benzene ring substituents is 1. The van der Waals surface area contributed by atoms with Crippen LogP contribution in [-0.4, -0.2) is 33.3 Å². The van der Waals surface area contributed by atoms with Crippen molar-refractivity contribution >= 4 is 66.3 Å². The van der Waals surface area contributed by atoms with Crippen LogP contribution >= 0.6 is 31.9 Å². The van der Waals surface area contributed by atoms with Crippen molar-refractivity contribution < 1.29 is 18.8 Å². The number of benzene rings is 3. The molecule has 0 saturated heterocycles. The van der Waals surface area contributed by atoms with Gasteiger partial charge in [0, 0.05) is 32.7 Å². The smallest absolute Gasteiger partial charge is 0.312 e. The Hall–Kier alpha value is -3.97. The van der Waals surface area contributed by atoms with Crippen molar-refractivity contribution in [1.82, 2.24) is 9.66 Å². The Morgan fingerprint density at radius 2 is 1.92 bits per heavy atom. The minimum atomic E-state index is -0.654. The highest BCUT2D eigenvalue weighted by Gasteiger charge is 2.22. The zero-order valence-electron chi connectivity index (χ0n) is 20.4. The molecule has 4 aromatic rings. The van der Waals surface area contributed by atoms with Gasteiger partial charge in [0.1, 0.15) is 11.6 Å². The number of aryl methyl sites for hydroxylation is 1. The number of hydrogen-bond acceptors (Lipinski definition) is 7. The summed E-state index contributed by atoms with van der Waals surface area (Å²) in [6.07, 6.45) is 2.41. The summed E-state index contributed by atoms with van der Waals surface area (Å²) in [4.78, 5) is 41.4. The Morgan fingerprint density at radius 3 is 2.62 bits per heavy atom. The molecule has 0 spiro atoms. The predicted octanol–water partition coefficient (Wildman–Crippen LogP) is 5.82. The molecule has 0 radical (unpaired) electrons. The molecule has 3 aromatic carbocycles. The number of halogens is 3. The lowest BCUT2D eigenvalue weighted by atomic mass is 10.2. The summed E-state index contributed by atoms with van der Waals surface area (Å²) in [6.45, 7) is 1.36. The maximum Gasteiger partial charge on any atom is 0.312 e. The standard InChI is InChI=1S/C26H20Br2FN5O5/c1-2-3-23-32-21-9-4-16(27)11-20(21)26(36)33(23)30-13-15-10-17(28)12-22(34(37)38)25(15)39-14-24(35)31-19-7-5-18(29)6-8-19/h4-13H,2-3,14H2,1H3,(H,31,35). The largest absolute Gasteiger partial charge is 0.476 e. The number of carbonyl (C=O) groups is 1. The molecule has 0 unspecified atom stereocenters. The van der Waals surface area contributed by atoms with Crippen molar-refractivity contribution in [1.29, 1.82) is 0 Å². The highest BCUT2D eigenvalue weighted by atomic mass is 79.9. The predicted molar refractivity (Wildman–Crippen MR) is 152 cm³/mol. The Bertz CT molecular complexity index is 1660. The SMILES string of the molecule is CCCc1nc2ccc(Br)cc2c(=O)n1N=Cc1cc(Br)cc([N+](=O)[O-])c1OCC(=O)Nc1ccc(F)cc1. The number of fused-ring (bicyclic) bond motifs is 1. The van der Waals surface area contributed by atoms with Crippen molar-refractivity contribution in [2.45, 2.75) is 19.8 Å². The Kier molecular flexibility index (Phi) is 8.82. The molecule has 0 aliphatic carbocycles. The fourth-order valence-electron chi connectivity index (χ4n) is 3.68. The van der Waals surface area contributed by atoms with Gasteiger partial charge in [0.05, 0.1) is 22.0 Å². The van der Waals surface area contributed by atoms with E-state index in [1.54, 1.807) is 18.2 Å². The molecule has 0 fully saturated rings. The van der Waals surface area contributed by atoms with E-state index < -0.39 is 34.5 Å². The van der Waals surface area contributed by atoms with Gasteiger partial charge in [-0.05, 0) is 55.0 Å². The number of anilines is 1. The minimum absolute atomic E-state index is 0.148. The first-order chi connectivity index (χ1) is 18.7. The second-order valence-corrected chi connectivity index (χ2v) is 10.1. The van der Waals surface area contributed by atoms with Crippen molar-refractivity contribution in [2.75, 3.05) is 11.9 Å². The quantitative estimate of drug-likeness (QED) is 0.137. The van der Waals surface area contributed by atoms with E-state index in [1.807, 2.05) is 6.92 Å². The Balaban J connectivity index is 1.71. The molecule has 1 aromatic heterocycles. The van der Waals surface area contributed by atoms with Crippen LogP contribution < -0.4 is 15.6 Å². The van der Waals surface area contributed by atoms with E-state index in [9.17, 15) is 24.1 Å². The van der Waals surface area contributed by atoms with Gasteiger partial charge in [-0.15, -0.1) is 0 Å². The summed E-state index contributed by atoms with van der Waals surface area (Å²) in [6, 6.07) is 13.0. The summed E-state index contributed by atoms with van der Waals surface area (Å²) in [5, 5.41) is 19.0. The molecule has 0 aliphatic rings. The molecule has 0 aliphatic heterocycles. The normalized spacial score (nSPS) is 11.2. The molecule has 39 heavy (non-hydrogen) atoms. The van der Waals surface area contributed by atoms with Gasteiger partial charge in [0.15, 0.2) is 6.61 Å². The fraction of sp³-hybridized carbons (Fsp3) is 0.154. The molecular formula is C26H20Br2FN5O5. The second-order valence-electron chi connectivity index (χ2n) is 8.25. The fourth-order valence-corrected chi connectivity index (χ4v) is 4.50. The zero-order chi connectivity index (χ0) is 28.1. The lowest BCUT2D eigenvalue weighted by Gasteiger charge is -2.12. The first-order valence-corrected chi connectivity index (χ1v) is 13.2. The van der Waals surface area contributed by atoms with Crippen LogP contribution in [0, 0.1) is 15.9 Å². The molecule has 13 heteroatoms. The first kappa shape index (κ1) is 28.0. The lowest BCUT2D eigenvalue weighted by Crippen LogP contribution is -2.23. The van der Waals surface area contributed by atoms with Gasteiger partial charge in [0.25, 0.3) is 11.5 Å². The van der Waals surface area contributed by atoms with Crippen LogP contribution in [0.15, 0.2) is 73.4 Å². The molecular weight excluding hydrogens is 641 g/mol. The average molecular weight is 661 g/mol. The summed E-state index contributed by atoms with van der Waals surface area (Å²) in [5.74, 6) is -0.886. The first-order valence-electron chi connectivity index (χ1n) is 11.6. The molecule has 10 nitrogen and oxygen atoms in total. The monoisotopic (exact) mass is 659 g/mol. The summed E-state index contributed by atoms with van der Waals surface area (Å²) in [7, 11) is 0. The second kappa shape index (κ2) is 12.3. The van der Waals surface area contributed by atoms with Gasteiger partial charge < -0.3 is 10.1 Å². The minimum Gasteiger partial charge on any atom is -0.476 e. The van der Waals surface area contributed by atoms with Crippen LogP contribution in [0.4, 0.5) is 15.8 Å². The number of aromatic nitrogens is 2. The zero-order valence-corrected chi connectivity index (χ0v) is 23.5. The number of carbonyl (C=O) groups excluding carboxylic acids is 1. The van der Waals surface area contributed by atoms with Crippen LogP contribution in [0.5, 0.6) is 5.75 Å². The summed E-state index contributed by atoms with van der Waals surface area (Å²) < 4.78 is 20.9. The number of nitro groups is 1. The van der Waals surface area contributed by atoms with Gasteiger partial charge in [-0.3, -0.25) is 19.7 Å². The molecule has 1 heterocycles. The van der Waals surface area contributed by atoms with Crippen LogP contribution in [0.25, 0.3) is 10.9 Å². The highest BCUT2D eigenvalue weighted by Crippen LogP contribution is 2.34. The van der Waals surface area contributed by atoms with Crippen molar-refractivity contribution in [3.05, 3.63) is 101 Å². The lowest BCUT2D eigenvalue weighted by molar-refractivity contribution is -0.385. The molecule has 0 saturated carbocycles. The van der Waals surface area contributed by atoms with E-state index >= 15 is 0 Å². The maximum atomic E-state index is 13.3. The third kappa shape index (κ3) is 6.73. The van der Waals surface area contributed by atoms with Crippen molar-refractivity contribution in [3.63, 3.8) is 0 Å². The number of nitrogens with one attached hydrogen (secondary N) is 1. The third-order valence-electron chi connectivity index (χ3n) is 5.40. The van der Waals surface area contributed by atoms with E-state index in [0.717, 1.165) is 4.68 Å². The number of hydrogen-bond donors (Lipinski definition) is 1. The molecule has 4 rings (SSSR count). The third-order valence-corrected chi connectivity index (χ3v) is 6.35. The van der Waals surface area contributed by atoms with E-state index in [0.29, 0.717) is 44.2 Å². The van der Waals surface area contributed by atoms with Crippen molar-refractivity contribution in [3.8, 4) is 5.75 Å². The van der Waals surface area contributed by atoms with Gasteiger partial charge in [-0.25, -0.2) is 9.37 Å². The molecule has 1 N–H and O–H groups in total.